The van der Waals surface area contributed by atoms with E-state index in [0.29, 0.717) is 5.56 Å². The molecular formula is C17H20N2OS. The number of anilines is 1. The maximum absolute atomic E-state index is 12.4. The Morgan fingerprint density at radius 2 is 1.95 bits per heavy atom. The van der Waals surface area contributed by atoms with Crippen molar-refractivity contribution in [3.63, 3.8) is 0 Å². The molecule has 0 radical (unpaired) electrons. The van der Waals surface area contributed by atoms with E-state index in [9.17, 15) is 4.79 Å². The lowest BCUT2D eigenvalue weighted by molar-refractivity contribution is 0.102. The molecule has 0 saturated heterocycles. The van der Waals surface area contributed by atoms with Crippen molar-refractivity contribution in [1.29, 1.82) is 0 Å². The van der Waals surface area contributed by atoms with Crippen molar-refractivity contribution in [3.05, 3.63) is 54.2 Å². The Morgan fingerprint density at radius 1 is 1.14 bits per heavy atom. The minimum atomic E-state index is -0.104. The number of benzene rings is 1. The monoisotopic (exact) mass is 300 g/mol. The third-order valence-electron chi connectivity index (χ3n) is 3.03. The van der Waals surface area contributed by atoms with Crippen LogP contribution in [0.25, 0.3) is 0 Å². The number of hydrogen-bond acceptors (Lipinski definition) is 3. The summed E-state index contributed by atoms with van der Waals surface area (Å²) in [5.74, 6) is 0.892. The van der Waals surface area contributed by atoms with Gasteiger partial charge in [0.25, 0.3) is 5.91 Å². The fourth-order valence-corrected chi connectivity index (χ4v) is 2.91. The predicted molar refractivity (Wildman–Crippen MR) is 88.9 cm³/mol. The van der Waals surface area contributed by atoms with Gasteiger partial charge in [0.05, 0.1) is 5.56 Å². The van der Waals surface area contributed by atoms with Crippen LogP contribution in [0.2, 0.25) is 0 Å². The van der Waals surface area contributed by atoms with Crippen LogP contribution in [0.1, 0.15) is 36.5 Å². The van der Waals surface area contributed by atoms with E-state index in [4.69, 9.17) is 0 Å². The maximum atomic E-state index is 12.4. The van der Waals surface area contributed by atoms with Gasteiger partial charge in [-0.3, -0.25) is 4.79 Å². The molecule has 2 rings (SSSR count). The minimum absolute atomic E-state index is 0.104. The molecule has 1 N–H and O–H groups in total. The first kappa shape index (κ1) is 15.6. The summed E-state index contributed by atoms with van der Waals surface area (Å²) in [5.41, 5.74) is 1.44. The van der Waals surface area contributed by atoms with E-state index in [1.54, 1.807) is 24.0 Å². The fourth-order valence-electron chi connectivity index (χ4n) is 1.92. The zero-order valence-corrected chi connectivity index (χ0v) is 13.0. The summed E-state index contributed by atoms with van der Waals surface area (Å²) in [7, 11) is 0. The first-order valence-electron chi connectivity index (χ1n) is 7.25. The molecule has 2 aromatic rings. The standard InChI is InChI=1S/C17H20N2OS/c1-2-3-7-13-21-17-15(11-8-12-18-17)16(20)19-14-9-5-4-6-10-14/h4-6,8-12H,2-3,7,13H2,1H3,(H,19,20). The molecule has 0 aliphatic heterocycles. The van der Waals surface area contributed by atoms with Gasteiger partial charge >= 0.3 is 0 Å². The van der Waals surface area contributed by atoms with Crippen LogP contribution in [-0.4, -0.2) is 16.6 Å². The topological polar surface area (TPSA) is 42.0 Å². The third-order valence-corrected chi connectivity index (χ3v) is 4.13. The first-order chi connectivity index (χ1) is 10.3. The summed E-state index contributed by atoms with van der Waals surface area (Å²) < 4.78 is 0. The maximum Gasteiger partial charge on any atom is 0.258 e. The predicted octanol–water partition coefficient (Wildman–Crippen LogP) is 4.62. The Bertz CT molecular complexity index is 572. The number of hydrogen-bond donors (Lipinski definition) is 1. The average Bonchev–Trinajstić information content (AvgIpc) is 2.53. The largest absolute Gasteiger partial charge is 0.322 e. The lowest BCUT2D eigenvalue weighted by Gasteiger charge is -2.09. The van der Waals surface area contributed by atoms with Crippen LogP contribution in [0.5, 0.6) is 0 Å². The third kappa shape index (κ3) is 4.90. The summed E-state index contributed by atoms with van der Waals surface area (Å²) in [5, 5.41) is 3.72. The second-order valence-corrected chi connectivity index (χ2v) is 5.82. The van der Waals surface area contributed by atoms with E-state index >= 15 is 0 Å². The number of aromatic nitrogens is 1. The number of rotatable bonds is 7. The molecule has 0 bridgehead atoms. The molecule has 3 nitrogen and oxygen atoms in total. The van der Waals surface area contributed by atoms with Gasteiger partial charge in [-0.25, -0.2) is 4.98 Å². The molecule has 1 amide bonds. The zero-order chi connectivity index (χ0) is 14.9. The Hall–Kier alpha value is -1.81. The molecular weight excluding hydrogens is 280 g/mol. The Kier molecular flexibility index (Phi) is 6.28. The highest BCUT2D eigenvalue weighted by atomic mass is 32.2. The van der Waals surface area contributed by atoms with Crippen LogP contribution >= 0.6 is 11.8 Å². The SMILES string of the molecule is CCCCCSc1ncccc1C(=O)Nc1ccccc1. The van der Waals surface area contributed by atoms with Crippen molar-refractivity contribution in [2.75, 3.05) is 11.1 Å². The van der Waals surface area contributed by atoms with Crippen molar-refractivity contribution in [3.8, 4) is 0 Å². The van der Waals surface area contributed by atoms with Crippen LogP contribution in [-0.2, 0) is 0 Å². The number of amides is 1. The second-order valence-electron chi connectivity index (χ2n) is 4.73. The molecule has 1 aromatic carbocycles. The highest BCUT2D eigenvalue weighted by molar-refractivity contribution is 7.99. The summed E-state index contributed by atoms with van der Waals surface area (Å²) >= 11 is 1.65. The van der Waals surface area contributed by atoms with Crippen molar-refractivity contribution in [1.82, 2.24) is 4.98 Å². The lowest BCUT2D eigenvalue weighted by Crippen LogP contribution is -2.13. The molecule has 21 heavy (non-hydrogen) atoms. The number of nitrogens with one attached hydrogen (secondary N) is 1. The molecule has 110 valence electrons. The Balaban J connectivity index is 2.03. The van der Waals surface area contributed by atoms with E-state index in [0.717, 1.165) is 22.9 Å². The summed E-state index contributed by atoms with van der Waals surface area (Å²) in [6, 6.07) is 13.1. The molecule has 0 fully saturated rings. The van der Waals surface area contributed by atoms with Crippen LogP contribution in [0, 0.1) is 0 Å². The smallest absolute Gasteiger partial charge is 0.258 e. The van der Waals surface area contributed by atoms with Gasteiger partial charge in [0.2, 0.25) is 0 Å². The number of pyridine rings is 1. The zero-order valence-electron chi connectivity index (χ0n) is 12.2. The van der Waals surface area contributed by atoms with Gasteiger partial charge < -0.3 is 5.32 Å². The van der Waals surface area contributed by atoms with Gasteiger partial charge in [0.15, 0.2) is 0 Å². The summed E-state index contributed by atoms with van der Waals surface area (Å²) in [6.07, 6.45) is 5.30. The van der Waals surface area contributed by atoms with Crippen LogP contribution < -0.4 is 5.32 Å². The highest BCUT2D eigenvalue weighted by Crippen LogP contribution is 2.22. The van der Waals surface area contributed by atoms with Crippen LogP contribution in [0.15, 0.2) is 53.7 Å². The molecule has 1 aromatic heterocycles. The molecule has 0 unspecified atom stereocenters. The Labute approximate surface area is 130 Å². The molecule has 0 spiro atoms. The molecule has 0 aliphatic carbocycles. The normalized spacial score (nSPS) is 10.3. The van der Waals surface area contributed by atoms with E-state index in [1.165, 1.54) is 12.8 Å². The number of unbranched alkanes of at least 4 members (excludes halogenated alkanes) is 2. The van der Waals surface area contributed by atoms with E-state index < -0.39 is 0 Å². The molecule has 4 heteroatoms. The van der Waals surface area contributed by atoms with Gasteiger partial charge in [0.1, 0.15) is 5.03 Å². The minimum Gasteiger partial charge on any atom is -0.322 e. The number of para-hydroxylation sites is 1. The molecule has 1 heterocycles. The van der Waals surface area contributed by atoms with Gasteiger partial charge in [-0.2, -0.15) is 0 Å². The number of nitrogens with zero attached hydrogens (tertiary/aromatic N) is 1. The lowest BCUT2D eigenvalue weighted by atomic mass is 10.2. The molecule has 0 aliphatic rings. The number of carbonyl (C=O) groups excluding carboxylic acids is 1. The van der Waals surface area contributed by atoms with Crippen molar-refractivity contribution < 1.29 is 4.79 Å². The van der Waals surface area contributed by atoms with E-state index in [-0.39, 0.29) is 5.91 Å². The number of thioether (sulfide) groups is 1. The van der Waals surface area contributed by atoms with E-state index in [1.807, 2.05) is 36.4 Å². The first-order valence-corrected chi connectivity index (χ1v) is 8.24. The van der Waals surface area contributed by atoms with Gasteiger partial charge in [-0.05, 0) is 36.4 Å². The number of carbonyl (C=O) groups is 1. The van der Waals surface area contributed by atoms with E-state index in [2.05, 4.69) is 17.2 Å². The van der Waals surface area contributed by atoms with Crippen LogP contribution in [0.4, 0.5) is 5.69 Å². The van der Waals surface area contributed by atoms with Crippen molar-refractivity contribution in [2.45, 2.75) is 31.2 Å². The quantitative estimate of drug-likeness (QED) is 0.599. The van der Waals surface area contributed by atoms with Gasteiger partial charge in [0, 0.05) is 11.9 Å². The van der Waals surface area contributed by atoms with Gasteiger partial charge in [-0.1, -0.05) is 38.0 Å². The van der Waals surface area contributed by atoms with Crippen molar-refractivity contribution >= 4 is 23.4 Å². The fraction of sp³-hybridized carbons (Fsp3) is 0.294. The molecule has 0 saturated carbocycles. The molecule has 0 atom stereocenters. The highest BCUT2D eigenvalue weighted by Gasteiger charge is 2.12. The summed E-state index contributed by atoms with van der Waals surface area (Å²) in [4.78, 5) is 16.7. The summed E-state index contributed by atoms with van der Waals surface area (Å²) in [6.45, 7) is 2.18. The van der Waals surface area contributed by atoms with Gasteiger partial charge in [-0.15, -0.1) is 11.8 Å². The van der Waals surface area contributed by atoms with Crippen molar-refractivity contribution in [2.24, 2.45) is 0 Å². The second kappa shape index (κ2) is 8.47. The Morgan fingerprint density at radius 3 is 2.71 bits per heavy atom. The van der Waals surface area contributed by atoms with Crippen LogP contribution in [0.3, 0.4) is 0 Å². The average molecular weight is 300 g/mol.